The molecule has 1 unspecified atom stereocenters. The molecule has 180 valence electrons. The summed E-state index contributed by atoms with van der Waals surface area (Å²) in [5.41, 5.74) is 1.12. The van der Waals surface area contributed by atoms with Crippen molar-refractivity contribution < 1.29 is 4.74 Å². The van der Waals surface area contributed by atoms with Crippen LogP contribution in [0.25, 0.3) is 10.8 Å². The Morgan fingerprint density at radius 3 is 2.41 bits per heavy atom. The minimum absolute atomic E-state index is 0.0860. The van der Waals surface area contributed by atoms with Crippen molar-refractivity contribution >= 4 is 22.8 Å². The minimum atomic E-state index is -0.0860. The van der Waals surface area contributed by atoms with Crippen LogP contribution in [-0.4, -0.2) is 48.1 Å². The van der Waals surface area contributed by atoms with Crippen LogP contribution in [0.3, 0.4) is 0 Å². The summed E-state index contributed by atoms with van der Waals surface area (Å²) in [7, 11) is 5.82. The monoisotopic (exact) mass is 461 g/mol. The van der Waals surface area contributed by atoms with Gasteiger partial charge in [0.2, 0.25) is 0 Å². The first-order valence-corrected chi connectivity index (χ1v) is 11.7. The quantitative estimate of drug-likeness (QED) is 0.453. The summed E-state index contributed by atoms with van der Waals surface area (Å²) in [6.45, 7) is 3.37. The third-order valence-electron chi connectivity index (χ3n) is 5.78. The maximum Gasteiger partial charge on any atom is 0.274 e. The van der Waals surface area contributed by atoms with Gasteiger partial charge in [-0.15, -0.1) is 0 Å². The van der Waals surface area contributed by atoms with E-state index in [1.54, 1.807) is 13.1 Å². The normalized spacial score (nSPS) is 14.0. The third-order valence-corrected chi connectivity index (χ3v) is 5.78. The topological polar surface area (TPSA) is 83.2 Å². The van der Waals surface area contributed by atoms with Crippen LogP contribution in [0.2, 0.25) is 0 Å². The number of allylic oxidation sites excluding steroid dienone is 2. The van der Waals surface area contributed by atoms with E-state index in [1.807, 2.05) is 49.4 Å². The lowest BCUT2D eigenvalue weighted by Crippen LogP contribution is -2.28. The van der Waals surface area contributed by atoms with E-state index in [4.69, 9.17) is 10.1 Å². The van der Waals surface area contributed by atoms with Gasteiger partial charge in [0.05, 0.1) is 18.0 Å². The van der Waals surface area contributed by atoms with Crippen LogP contribution in [0, 0.1) is 11.3 Å². The van der Waals surface area contributed by atoms with Crippen molar-refractivity contribution in [1.82, 2.24) is 14.7 Å². The number of rotatable bonds is 9. The number of aromatic nitrogens is 2. The Hall–Kier alpha value is -3.45. The summed E-state index contributed by atoms with van der Waals surface area (Å²) in [6.07, 6.45) is 7.31. The number of ether oxygens (including phenoxy) is 1. The van der Waals surface area contributed by atoms with Crippen LogP contribution in [-0.2, 0) is 7.05 Å². The van der Waals surface area contributed by atoms with Crippen LogP contribution in [0.15, 0.2) is 65.5 Å². The first kappa shape index (κ1) is 25.2. The predicted octanol–water partition coefficient (Wildman–Crippen LogP) is 4.65. The fraction of sp³-hybridized carbons (Fsp3) is 0.370. The summed E-state index contributed by atoms with van der Waals surface area (Å²) in [5, 5.41) is 15.8. The summed E-state index contributed by atoms with van der Waals surface area (Å²) in [6, 6.07) is 16.1. The molecule has 0 spiro atoms. The number of likely N-dealkylation sites (N-methyl/N-ethyl adjacent to an activating group) is 1. The SMILES string of the molecule is C/C=C\C=N.CN(C)C(CNc1nn(C)c(=O)c2ccccc12)c1ccc(OCC2CC2)cc1. The minimum Gasteiger partial charge on any atom is -0.493 e. The Bertz CT molecular complexity index is 1160. The molecule has 7 nitrogen and oxygen atoms in total. The second-order valence-electron chi connectivity index (χ2n) is 8.70. The molecular formula is C27H35N5O2. The van der Waals surface area contributed by atoms with Gasteiger partial charge >= 0.3 is 0 Å². The van der Waals surface area contributed by atoms with E-state index in [-0.39, 0.29) is 11.6 Å². The highest BCUT2D eigenvalue weighted by Crippen LogP contribution is 2.30. The van der Waals surface area contributed by atoms with E-state index in [2.05, 4.69) is 41.5 Å². The molecule has 0 bridgehead atoms. The summed E-state index contributed by atoms with van der Waals surface area (Å²) in [5.74, 6) is 2.40. The van der Waals surface area contributed by atoms with Crippen molar-refractivity contribution in [2.75, 3.05) is 32.6 Å². The number of fused-ring (bicyclic) bond motifs is 1. The highest BCUT2D eigenvalue weighted by Gasteiger charge is 2.22. The van der Waals surface area contributed by atoms with E-state index >= 15 is 0 Å². The average molecular weight is 462 g/mol. The summed E-state index contributed by atoms with van der Waals surface area (Å²) in [4.78, 5) is 14.5. The average Bonchev–Trinajstić information content (AvgIpc) is 3.67. The fourth-order valence-corrected chi connectivity index (χ4v) is 3.60. The van der Waals surface area contributed by atoms with E-state index in [9.17, 15) is 4.79 Å². The molecule has 7 heteroatoms. The zero-order chi connectivity index (χ0) is 24.5. The van der Waals surface area contributed by atoms with Gasteiger partial charge in [0.25, 0.3) is 5.56 Å². The second-order valence-corrected chi connectivity index (χ2v) is 8.70. The Labute approximate surface area is 201 Å². The van der Waals surface area contributed by atoms with Crippen molar-refractivity contribution in [2.45, 2.75) is 25.8 Å². The molecule has 1 heterocycles. The zero-order valence-corrected chi connectivity index (χ0v) is 20.5. The molecule has 0 aliphatic heterocycles. The first-order chi connectivity index (χ1) is 16.4. The molecule has 1 aromatic heterocycles. The Kier molecular flexibility index (Phi) is 8.99. The molecule has 0 amide bonds. The lowest BCUT2D eigenvalue weighted by Gasteiger charge is -2.26. The van der Waals surface area contributed by atoms with Crippen LogP contribution in [0.4, 0.5) is 5.82 Å². The van der Waals surface area contributed by atoms with Crippen molar-refractivity contribution in [3.05, 3.63) is 76.6 Å². The van der Waals surface area contributed by atoms with E-state index in [1.165, 1.54) is 29.3 Å². The highest BCUT2D eigenvalue weighted by molar-refractivity contribution is 5.90. The van der Waals surface area contributed by atoms with Gasteiger partial charge in [0.15, 0.2) is 5.82 Å². The molecule has 2 N–H and O–H groups in total. The van der Waals surface area contributed by atoms with E-state index < -0.39 is 0 Å². The van der Waals surface area contributed by atoms with Gasteiger partial charge in [0, 0.05) is 25.2 Å². The lowest BCUT2D eigenvalue weighted by atomic mass is 10.1. The maximum absolute atomic E-state index is 12.3. The molecule has 0 radical (unpaired) electrons. The van der Waals surface area contributed by atoms with Crippen molar-refractivity contribution in [2.24, 2.45) is 13.0 Å². The molecule has 2 aromatic carbocycles. The molecule has 34 heavy (non-hydrogen) atoms. The predicted molar refractivity (Wildman–Crippen MR) is 140 cm³/mol. The Morgan fingerprint density at radius 2 is 1.85 bits per heavy atom. The van der Waals surface area contributed by atoms with Gasteiger partial charge in [-0.3, -0.25) is 4.79 Å². The smallest absolute Gasteiger partial charge is 0.274 e. The molecule has 1 aliphatic carbocycles. The van der Waals surface area contributed by atoms with Crippen LogP contribution < -0.4 is 15.6 Å². The summed E-state index contributed by atoms with van der Waals surface area (Å²) >= 11 is 0. The molecule has 3 aromatic rings. The highest BCUT2D eigenvalue weighted by atomic mass is 16.5. The summed E-state index contributed by atoms with van der Waals surface area (Å²) < 4.78 is 7.25. The number of hydrogen-bond acceptors (Lipinski definition) is 6. The van der Waals surface area contributed by atoms with Crippen LogP contribution in [0.1, 0.15) is 31.4 Å². The van der Waals surface area contributed by atoms with Gasteiger partial charge in [-0.1, -0.05) is 36.4 Å². The molecule has 1 saturated carbocycles. The number of hydrogen-bond donors (Lipinski definition) is 2. The van der Waals surface area contributed by atoms with Crippen molar-refractivity contribution in [1.29, 1.82) is 5.41 Å². The molecule has 1 fully saturated rings. The number of nitrogens with one attached hydrogen (secondary N) is 2. The fourth-order valence-electron chi connectivity index (χ4n) is 3.60. The molecular weight excluding hydrogens is 426 g/mol. The first-order valence-electron chi connectivity index (χ1n) is 11.7. The third kappa shape index (κ3) is 6.78. The largest absolute Gasteiger partial charge is 0.493 e. The van der Waals surface area contributed by atoms with Crippen LogP contribution >= 0.6 is 0 Å². The van der Waals surface area contributed by atoms with Gasteiger partial charge in [0.1, 0.15) is 5.75 Å². The van der Waals surface area contributed by atoms with Gasteiger partial charge < -0.3 is 20.4 Å². The maximum atomic E-state index is 12.3. The molecule has 4 rings (SSSR count). The number of nitrogens with zero attached hydrogens (tertiary/aromatic N) is 3. The van der Waals surface area contributed by atoms with E-state index in [0.29, 0.717) is 11.9 Å². The number of benzene rings is 2. The van der Waals surface area contributed by atoms with Gasteiger partial charge in [-0.05, 0) is 69.6 Å². The lowest BCUT2D eigenvalue weighted by molar-refractivity contribution is 0.297. The van der Waals surface area contributed by atoms with Gasteiger partial charge in [-0.2, -0.15) is 5.10 Å². The zero-order valence-electron chi connectivity index (χ0n) is 20.5. The van der Waals surface area contributed by atoms with Crippen LogP contribution in [0.5, 0.6) is 5.75 Å². The second kappa shape index (κ2) is 12.1. The van der Waals surface area contributed by atoms with Crippen molar-refractivity contribution in [3.63, 3.8) is 0 Å². The Balaban J connectivity index is 0.000000588. The molecule has 1 atom stereocenters. The molecule has 1 aliphatic rings. The van der Waals surface area contributed by atoms with Crippen molar-refractivity contribution in [3.8, 4) is 5.75 Å². The number of aryl methyl sites for hydroxylation is 1. The molecule has 0 saturated heterocycles. The Morgan fingerprint density at radius 1 is 1.18 bits per heavy atom. The number of anilines is 1. The standard InChI is InChI=1S/C23H28N4O2.C4H7N/c1-26(2)21(17-10-12-18(13-11-17)29-15-16-8-9-16)14-24-22-19-6-4-5-7-20(19)23(28)27(3)25-22;1-2-3-4-5/h4-7,10-13,16,21H,8-9,14-15H2,1-3H3,(H,24,25);2-5H,1H3/b;3-2-,5-4?. The van der Waals surface area contributed by atoms with Gasteiger partial charge in [-0.25, -0.2) is 4.68 Å². The van der Waals surface area contributed by atoms with E-state index in [0.717, 1.165) is 29.5 Å².